The number of rotatable bonds is 7. The Bertz CT molecular complexity index is 543. The maximum atomic E-state index is 2.53. The lowest BCUT2D eigenvalue weighted by Crippen LogP contribution is -2.27. The zero-order valence-corrected chi connectivity index (χ0v) is 13.1. The zero-order chi connectivity index (χ0) is 14.9. The molecular weight excluding hydrogens is 254 g/mol. The third-order valence-electron chi connectivity index (χ3n) is 3.77. The molecule has 1 heteroatoms. The molecule has 0 aliphatic rings. The molecule has 0 fully saturated rings. The Hall–Kier alpha value is -1.86. The number of nitrogens with zero attached hydrogens (tertiary/aromatic N) is 1. The maximum Gasteiger partial charge on any atom is 0.0237 e. The van der Waals surface area contributed by atoms with Gasteiger partial charge in [0.15, 0.2) is 0 Å². The van der Waals surface area contributed by atoms with Crippen LogP contribution in [0.3, 0.4) is 0 Å². The summed E-state index contributed by atoms with van der Waals surface area (Å²) in [6.07, 6.45) is 3.31. The molecular formula is C20H25N. The van der Waals surface area contributed by atoms with Gasteiger partial charge in [-0.2, -0.15) is 0 Å². The summed E-state index contributed by atoms with van der Waals surface area (Å²) in [5.41, 5.74) is 4.22. The van der Waals surface area contributed by atoms with E-state index in [0.717, 1.165) is 26.1 Å². The molecule has 0 unspecified atom stereocenters. The summed E-state index contributed by atoms with van der Waals surface area (Å²) in [6, 6.07) is 21.5. The molecule has 0 spiro atoms. The Morgan fingerprint density at radius 1 is 0.905 bits per heavy atom. The topological polar surface area (TPSA) is 3.24 Å². The van der Waals surface area contributed by atoms with Crippen LogP contribution in [0.4, 0.5) is 0 Å². The van der Waals surface area contributed by atoms with Crippen LogP contribution in [-0.2, 0) is 13.0 Å². The van der Waals surface area contributed by atoms with Crippen molar-refractivity contribution in [3.8, 4) is 0 Å². The van der Waals surface area contributed by atoms with E-state index in [1.54, 1.807) is 0 Å². The number of allylic oxidation sites excluding steroid dienone is 1. The Labute approximate surface area is 128 Å². The lowest BCUT2D eigenvalue weighted by atomic mass is 10.1. The van der Waals surface area contributed by atoms with E-state index in [0.29, 0.717) is 0 Å². The number of hydrogen-bond acceptors (Lipinski definition) is 1. The van der Waals surface area contributed by atoms with Gasteiger partial charge in [0.1, 0.15) is 0 Å². The Morgan fingerprint density at radius 2 is 1.48 bits per heavy atom. The van der Waals surface area contributed by atoms with Gasteiger partial charge in [-0.15, -0.1) is 0 Å². The summed E-state index contributed by atoms with van der Waals surface area (Å²) >= 11 is 0. The molecule has 2 aromatic carbocycles. The van der Waals surface area contributed by atoms with Crippen LogP contribution in [-0.4, -0.2) is 18.0 Å². The second kappa shape index (κ2) is 8.43. The average Bonchev–Trinajstić information content (AvgIpc) is 2.54. The van der Waals surface area contributed by atoms with E-state index in [9.17, 15) is 0 Å². The SMILES string of the molecule is CC=C(C)CN(CCc1ccccc1)Cc1ccccc1. The van der Waals surface area contributed by atoms with E-state index in [2.05, 4.69) is 85.5 Å². The highest BCUT2D eigenvalue weighted by Crippen LogP contribution is 2.09. The Balaban J connectivity index is 1.98. The van der Waals surface area contributed by atoms with Crippen molar-refractivity contribution in [3.05, 3.63) is 83.4 Å². The molecule has 0 heterocycles. The number of hydrogen-bond donors (Lipinski definition) is 0. The highest BCUT2D eigenvalue weighted by atomic mass is 15.1. The first-order valence-corrected chi connectivity index (χ1v) is 7.70. The molecule has 0 aliphatic carbocycles. The molecule has 0 bridgehead atoms. The molecule has 1 nitrogen and oxygen atoms in total. The molecule has 0 N–H and O–H groups in total. The van der Waals surface area contributed by atoms with Crippen molar-refractivity contribution in [1.29, 1.82) is 0 Å². The van der Waals surface area contributed by atoms with E-state index >= 15 is 0 Å². The van der Waals surface area contributed by atoms with Crippen molar-refractivity contribution in [1.82, 2.24) is 4.90 Å². The normalized spacial score (nSPS) is 11.9. The van der Waals surface area contributed by atoms with Gasteiger partial charge in [-0.3, -0.25) is 4.90 Å². The van der Waals surface area contributed by atoms with Gasteiger partial charge in [0.25, 0.3) is 0 Å². The summed E-state index contributed by atoms with van der Waals surface area (Å²) < 4.78 is 0. The molecule has 0 amide bonds. The first-order chi connectivity index (χ1) is 10.3. The number of benzene rings is 2. The summed E-state index contributed by atoms with van der Waals surface area (Å²) in [7, 11) is 0. The van der Waals surface area contributed by atoms with E-state index < -0.39 is 0 Å². The van der Waals surface area contributed by atoms with E-state index in [1.807, 2.05) is 0 Å². The molecule has 2 aromatic rings. The average molecular weight is 279 g/mol. The van der Waals surface area contributed by atoms with Crippen LogP contribution >= 0.6 is 0 Å². The molecule has 0 saturated carbocycles. The van der Waals surface area contributed by atoms with Crippen LogP contribution in [0.2, 0.25) is 0 Å². The fourth-order valence-corrected chi connectivity index (χ4v) is 2.43. The van der Waals surface area contributed by atoms with Crippen LogP contribution in [0.1, 0.15) is 25.0 Å². The second-order valence-electron chi connectivity index (χ2n) is 5.57. The summed E-state index contributed by atoms with van der Waals surface area (Å²) in [5, 5.41) is 0. The van der Waals surface area contributed by atoms with Gasteiger partial charge < -0.3 is 0 Å². The highest BCUT2D eigenvalue weighted by Gasteiger charge is 2.07. The minimum Gasteiger partial charge on any atom is -0.295 e. The lowest BCUT2D eigenvalue weighted by Gasteiger charge is -2.23. The van der Waals surface area contributed by atoms with Gasteiger partial charge in [-0.05, 0) is 31.4 Å². The van der Waals surface area contributed by atoms with E-state index in [-0.39, 0.29) is 0 Å². The predicted molar refractivity (Wildman–Crippen MR) is 91.3 cm³/mol. The first kappa shape index (κ1) is 15.5. The highest BCUT2D eigenvalue weighted by molar-refractivity contribution is 5.17. The quantitative estimate of drug-likeness (QED) is 0.664. The van der Waals surface area contributed by atoms with Crippen LogP contribution < -0.4 is 0 Å². The molecule has 0 radical (unpaired) electrons. The van der Waals surface area contributed by atoms with Crippen molar-refractivity contribution >= 4 is 0 Å². The van der Waals surface area contributed by atoms with Gasteiger partial charge in [0.2, 0.25) is 0 Å². The minimum absolute atomic E-state index is 1.01. The van der Waals surface area contributed by atoms with Crippen LogP contribution in [0.25, 0.3) is 0 Å². The molecule has 21 heavy (non-hydrogen) atoms. The van der Waals surface area contributed by atoms with Crippen LogP contribution in [0.15, 0.2) is 72.3 Å². The van der Waals surface area contributed by atoms with Gasteiger partial charge in [0, 0.05) is 19.6 Å². The van der Waals surface area contributed by atoms with E-state index in [4.69, 9.17) is 0 Å². The fraction of sp³-hybridized carbons (Fsp3) is 0.300. The molecule has 2 rings (SSSR count). The minimum atomic E-state index is 1.01. The zero-order valence-electron chi connectivity index (χ0n) is 13.1. The van der Waals surface area contributed by atoms with Gasteiger partial charge in [-0.25, -0.2) is 0 Å². The standard InChI is InChI=1S/C20H25N/c1-3-18(2)16-21(17-20-12-8-5-9-13-20)15-14-19-10-6-4-7-11-19/h3-13H,14-17H2,1-2H3. The Morgan fingerprint density at radius 3 is 2.05 bits per heavy atom. The second-order valence-corrected chi connectivity index (χ2v) is 5.57. The van der Waals surface area contributed by atoms with Crippen molar-refractivity contribution in [2.24, 2.45) is 0 Å². The van der Waals surface area contributed by atoms with Crippen molar-refractivity contribution in [3.63, 3.8) is 0 Å². The summed E-state index contributed by atoms with van der Waals surface area (Å²) in [4.78, 5) is 2.53. The van der Waals surface area contributed by atoms with Crippen LogP contribution in [0, 0.1) is 0 Å². The summed E-state index contributed by atoms with van der Waals surface area (Å²) in [5.74, 6) is 0. The smallest absolute Gasteiger partial charge is 0.0237 e. The molecule has 0 atom stereocenters. The third-order valence-corrected chi connectivity index (χ3v) is 3.77. The van der Waals surface area contributed by atoms with Gasteiger partial charge in [-0.1, -0.05) is 72.3 Å². The van der Waals surface area contributed by atoms with Gasteiger partial charge in [0.05, 0.1) is 0 Å². The van der Waals surface area contributed by atoms with Crippen LogP contribution in [0.5, 0.6) is 0 Å². The monoisotopic (exact) mass is 279 g/mol. The Kier molecular flexibility index (Phi) is 6.23. The molecule has 0 aliphatic heterocycles. The molecule has 0 saturated heterocycles. The first-order valence-electron chi connectivity index (χ1n) is 7.70. The van der Waals surface area contributed by atoms with Gasteiger partial charge >= 0.3 is 0 Å². The van der Waals surface area contributed by atoms with Crippen molar-refractivity contribution in [2.75, 3.05) is 13.1 Å². The van der Waals surface area contributed by atoms with Crippen molar-refractivity contribution < 1.29 is 0 Å². The molecule has 110 valence electrons. The largest absolute Gasteiger partial charge is 0.295 e. The maximum absolute atomic E-state index is 2.53. The fourth-order valence-electron chi connectivity index (χ4n) is 2.43. The van der Waals surface area contributed by atoms with Crippen molar-refractivity contribution in [2.45, 2.75) is 26.8 Å². The summed E-state index contributed by atoms with van der Waals surface area (Å²) in [6.45, 7) is 7.47. The van der Waals surface area contributed by atoms with E-state index in [1.165, 1.54) is 16.7 Å². The predicted octanol–water partition coefficient (Wildman–Crippen LogP) is 4.70. The lowest BCUT2D eigenvalue weighted by molar-refractivity contribution is 0.291. The molecule has 0 aromatic heterocycles. The third kappa shape index (κ3) is 5.57.